The second-order valence-electron chi connectivity index (χ2n) is 1.98. The molecule has 0 aliphatic carbocycles. The lowest BCUT2D eigenvalue weighted by molar-refractivity contribution is 0.110. The molecule has 0 fully saturated rings. The lowest BCUT2D eigenvalue weighted by Crippen LogP contribution is -2.03. The van der Waals surface area contributed by atoms with Crippen LogP contribution in [0.1, 0.15) is 6.92 Å². The van der Waals surface area contributed by atoms with Gasteiger partial charge in [-0.2, -0.15) is 0 Å². The third-order valence-corrected chi connectivity index (χ3v) is 0.364. The predicted octanol–water partition coefficient (Wildman–Crippen LogP) is -1.83. The van der Waals surface area contributed by atoms with Crippen LogP contribution in [0.15, 0.2) is 0 Å². The standard InChI is InChI=1S/C3H8O2.C2H7N.C2H6O2/c1-3(5)2-4;1-3-2;3-1-2-4/h3-5H,2H2,1H3;3H,1-2H3;3-4H,1-2H2. The van der Waals surface area contributed by atoms with Crippen LogP contribution in [0.2, 0.25) is 0 Å². The fourth-order valence-corrected chi connectivity index (χ4v) is 0. The highest BCUT2D eigenvalue weighted by atomic mass is 16.3. The lowest BCUT2D eigenvalue weighted by atomic mass is 10.5. The fraction of sp³-hybridized carbons (Fsp3) is 1.00. The van der Waals surface area contributed by atoms with Gasteiger partial charge in [-0.15, -0.1) is 0 Å². The van der Waals surface area contributed by atoms with Gasteiger partial charge in [0, 0.05) is 0 Å². The maximum Gasteiger partial charge on any atom is 0.0742 e. The van der Waals surface area contributed by atoms with Crippen molar-refractivity contribution in [1.29, 1.82) is 0 Å². The van der Waals surface area contributed by atoms with Gasteiger partial charge in [0.05, 0.1) is 25.9 Å². The zero-order valence-electron chi connectivity index (χ0n) is 7.99. The second-order valence-corrected chi connectivity index (χ2v) is 1.98. The first-order chi connectivity index (χ1) is 5.60. The van der Waals surface area contributed by atoms with Gasteiger partial charge in [0.25, 0.3) is 0 Å². The summed E-state index contributed by atoms with van der Waals surface area (Å²) in [5.74, 6) is 0. The number of hydrogen-bond donors (Lipinski definition) is 5. The van der Waals surface area contributed by atoms with Crippen LogP contribution in [-0.4, -0.2) is 60.4 Å². The van der Waals surface area contributed by atoms with Crippen molar-refractivity contribution in [2.24, 2.45) is 0 Å². The molecule has 0 spiro atoms. The number of nitrogens with one attached hydrogen (secondary N) is 1. The molecule has 0 aromatic rings. The van der Waals surface area contributed by atoms with E-state index in [2.05, 4.69) is 5.32 Å². The molecule has 0 heterocycles. The molecule has 5 N–H and O–H groups in total. The van der Waals surface area contributed by atoms with Crippen molar-refractivity contribution in [3.8, 4) is 0 Å². The summed E-state index contributed by atoms with van der Waals surface area (Å²) < 4.78 is 0. The van der Waals surface area contributed by atoms with Crippen LogP contribution < -0.4 is 5.32 Å². The Labute approximate surface area is 73.7 Å². The van der Waals surface area contributed by atoms with E-state index >= 15 is 0 Å². The van der Waals surface area contributed by atoms with Crippen LogP contribution in [0.4, 0.5) is 0 Å². The van der Waals surface area contributed by atoms with Gasteiger partial charge in [0.2, 0.25) is 0 Å². The Balaban J connectivity index is -0.000000105. The SMILES string of the molecule is CC(O)CO.CNC.OCCO. The molecule has 78 valence electrons. The van der Waals surface area contributed by atoms with E-state index in [4.69, 9.17) is 20.4 Å². The van der Waals surface area contributed by atoms with Crippen LogP contribution in [-0.2, 0) is 0 Å². The molecule has 0 bridgehead atoms. The fourth-order valence-electron chi connectivity index (χ4n) is 0. The molecule has 0 aromatic heterocycles. The predicted molar refractivity (Wildman–Crippen MR) is 47.9 cm³/mol. The number of hydrogen-bond acceptors (Lipinski definition) is 5. The summed E-state index contributed by atoms with van der Waals surface area (Å²) in [6.07, 6.45) is -0.560. The molecule has 0 aliphatic heterocycles. The molecule has 0 saturated heterocycles. The second kappa shape index (κ2) is 22.4. The average molecular weight is 183 g/mol. The van der Waals surface area contributed by atoms with E-state index < -0.39 is 6.10 Å². The summed E-state index contributed by atoms with van der Waals surface area (Å²) in [4.78, 5) is 0. The smallest absolute Gasteiger partial charge is 0.0742 e. The van der Waals surface area contributed by atoms with Gasteiger partial charge in [-0.05, 0) is 21.0 Å². The highest BCUT2D eigenvalue weighted by Gasteiger charge is 1.83. The van der Waals surface area contributed by atoms with E-state index in [1.165, 1.54) is 6.92 Å². The third-order valence-electron chi connectivity index (χ3n) is 0.364. The lowest BCUT2D eigenvalue weighted by Gasteiger charge is -1.90. The Morgan fingerprint density at radius 1 is 1.08 bits per heavy atom. The number of rotatable bonds is 2. The van der Waals surface area contributed by atoms with E-state index in [1.807, 2.05) is 14.1 Å². The van der Waals surface area contributed by atoms with Crippen LogP contribution in [0.25, 0.3) is 0 Å². The maximum atomic E-state index is 8.11. The molecule has 0 aliphatic rings. The zero-order valence-corrected chi connectivity index (χ0v) is 7.99. The monoisotopic (exact) mass is 183 g/mol. The van der Waals surface area contributed by atoms with Crippen molar-refractivity contribution in [3.63, 3.8) is 0 Å². The van der Waals surface area contributed by atoms with Crippen molar-refractivity contribution >= 4 is 0 Å². The van der Waals surface area contributed by atoms with Gasteiger partial charge in [-0.3, -0.25) is 0 Å². The van der Waals surface area contributed by atoms with Crippen LogP contribution in [0, 0.1) is 0 Å². The largest absolute Gasteiger partial charge is 0.394 e. The first-order valence-corrected chi connectivity index (χ1v) is 3.69. The van der Waals surface area contributed by atoms with E-state index in [9.17, 15) is 0 Å². The first kappa shape index (κ1) is 17.8. The molecule has 0 rings (SSSR count). The molecule has 0 radical (unpaired) electrons. The highest BCUT2D eigenvalue weighted by Crippen LogP contribution is 1.68. The Bertz CT molecular complexity index is 50.7. The van der Waals surface area contributed by atoms with Crippen molar-refractivity contribution in [3.05, 3.63) is 0 Å². The van der Waals surface area contributed by atoms with Crippen molar-refractivity contribution in [2.45, 2.75) is 13.0 Å². The molecule has 1 unspecified atom stereocenters. The molecule has 0 saturated carbocycles. The van der Waals surface area contributed by atoms with Gasteiger partial charge in [-0.25, -0.2) is 0 Å². The Morgan fingerprint density at radius 2 is 1.25 bits per heavy atom. The molecule has 1 atom stereocenters. The minimum absolute atomic E-state index is 0.125. The topological polar surface area (TPSA) is 93.0 Å². The van der Waals surface area contributed by atoms with Gasteiger partial charge in [0.15, 0.2) is 0 Å². The van der Waals surface area contributed by atoms with Crippen molar-refractivity contribution < 1.29 is 20.4 Å². The summed E-state index contributed by atoms with van der Waals surface area (Å²) in [6, 6.07) is 0. The van der Waals surface area contributed by atoms with E-state index in [0.717, 1.165) is 0 Å². The number of aliphatic hydroxyl groups is 4. The molecular formula is C7H21NO4. The van der Waals surface area contributed by atoms with E-state index in [-0.39, 0.29) is 19.8 Å². The quantitative estimate of drug-likeness (QED) is 0.347. The summed E-state index contributed by atoms with van der Waals surface area (Å²) in [5.41, 5.74) is 0. The molecule has 5 nitrogen and oxygen atoms in total. The first-order valence-electron chi connectivity index (χ1n) is 3.69. The Kier molecular flexibility index (Phi) is 33.2. The van der Waals surface area contributed by atoms with E-state index in [0.29, 0.717) is 0 Å². The third kappa shape index (κ3) is 96.8. The highest BCUT2D eigenvalue weighted by molar-refractivity contribution is 4.34. The van der Waals surface area contributed by atoms with E-state index in [1.54, 1.807) is 0 Å². The minimum Gasteiger partial charge on any atom is -0.394 e. The molecule has 12 heavy (non-hydrogen) atoms. The van der Waals surface area contributed by atoms with Crippen LogP contribution in [0.3, 0.4) is 0 Å². The molecular weight excluding hydrogens is 162 g/mol. The summed E-state index contributed by atoms with van der Waals surface area (Å²) in [6.45, 7) is 1.14. The zero-order chi connectivity index (χ0) is 10.4. The summed E-state index contributed by atoms with van der Waals surface area (Å²) in [7, 11) is 3.75. The molecule has 0 aromatic carbocycles. The van der Waals surface area contributed by atoms with Gasteiger partial charge >= 0.3 is 0 Å². The maximum absolute atomic E-state index is 8.11. The van der Waals surface area contributed by atoms with Crippen molar-refractivity contribution in [2.75, 3.05) is 33.9 Å². The normalized spacial score (nSPS) is 10.2. The Hall–Kier alpha value is -0.200. The van der Waals surface area contributed by atoms with Gasteiger partial charge in [0.1, 0.15) is 0 Å². The molecule has 5 heteroatoms. The van der Waals surface area contributed by atoms with Gasteiger partial charge in [-0.1, -0.05) is 0 Å². The Morgan fingerprint density at radius 3 is 1.25 bits per heavy atom. The number of aliphatic hydroxyl groups excluding tert-OH is 4. The van der Waals surface area contributed by atoms with Crippen LogP contribution >= 0.6 is 0 Å². The van der Waals surface area contributed by atoms with Crippen LogP contribution in [0.5, 0.6) is 0 Å². The average Bonchev–Trinajstić information content (AvgIpc) is 2.06. The minimum atomic E-state index is -0.560. The van der Waals surface area contributed by atoms with Gasteiger partial charge < -0.3 is 25.7 Å². The van der Waals surface area contributed by atoms with Crippen molar-refractivity contribution in [1.82, 2.24) is 5.32 Å². The molecule has 0 amide bonds. The summed E-state index contributed by atoms with van der Waals surface area (Å²) >= 11 is 0. The summed E-state index contributed by atoms with van der Waals surface area (Å²) in [5, 5.41) is 34.0.